The van der Waals surface area contributed by atoms with Crippen molar-refractivity contribution < 1.29 is 31.9 Å². The molecule has 192 valence electrons. The van der Waals surface area contributed by atoms with Gasteiger partial charge in [-0.2, -0.15) is 4.31 Å². The minimum atomic E-state index is -4.36. The molecule has 0 bridgehead atoms. The second-order valence-electron chi connectivity index (χ2n) is 8.15. The second-order valence-corrected chi connectivity index (χ2v) is 10.4. The molecule has 0 N–H and O–H groups in total. The van der Waals surface area contributed by atoms with Gasteiger partial charge in [-0.1, -0.05) is 29.8 Å². The summed E-state index contributed by atoms with van der Waals surface area (Å²) in [5, 5.41) is 0.282. The van der Waals surface area contributed by atoms with E-state index in [2.05, 4.69) is 0 Å². The van der Waals surface area contributed by atoms with Crippen molar-refractivity contribution in [1.29, 1.82) is 0 Å². The minimum absolute atomic E-state index is 0.183. The molecule has 0 aromatic heterocycles. The average molecular weight is 545 g/mol. The van der Waals surface area contributed by atoms with Crippen molar-refractivity contribution in [1.82, 2.24) is 4.31 Å². The van der Waals surface area contributed by atoms with Gasteiger partial charge in [0.1, 0.15) is 11.9 Å². The highest BCUT2D eigenvalue weighted by Gasteiger charge is 2.47. The molecule has 1 fully saturated rings. The molecule has 1 atom stereocenters. The monoisotopic (exact) mass is 544 g/mol. The van der Waals surface area contributed by atoms with Crippen LogP contribution >= 0.6 is 11.6 Å². The van der Waals surface area contributed by atoms with Crippen LogP contribution < -0.4 is 4.90 Å². The largest absolute Gasteiger partial charge is 0.462 e. The Hall–Kier alpha value is -3.60. The van der Waals surface area contributed by atoms with Crippen LogP contribution in [0.15, 0.2) is 77.7 Å². The van der Waals surface area contributed by atoms with Crippen molar-refractivity contribution in [3.05, 3.63) is 94.8 Å². The number of rotatable bonds is 8. The van der Waals surface area contributed by atoms with Gasteiger partial charge in [-0.15, -0.1) is 0 Å². The minimum Gasteiger partial charge on any atom is -0.462 e. The number of benzene rings is 3. The van der Waals surface area contributed by atoms with Gasteiger partial charge in [0.15, 0.2) is 0 Å². The Balaban J connectivity index is 1.70. The van der Waals surface area contributed by atoms with E-state index in [1.165, 1.54) is 24.3 Å². The van der Waals surface area contributed by atoms with Crippen molar-refractivity contribution in [2.45, 2.75) is 30.8 Å². The number of carbonyl (C=O) groups excluding carboxylic acids is 3. The Morgan fingerprint density at radius 1 is 1.05 bits per heavy atom. The predicted molar refractivity (Wildman–Crippen MR) is 134 cm³/mol. The number of esters is 1. The van der Waals surface area contributed by atoms with E-state index >= 15 is 0 Å². The Bertz CT molecular complexity index is 1440. The van der Waals surface area contributed by atoms with Crippen LogP contribution in [0.1, 0.15) is 29.3 Å². The Morgan fingerprint density at radius 3 is 2.32 bits per heavy atom. The third-order valence-electron chi connectivity index (χ3n) is 5.81. The number of hydrogen-bond acceptors (Lipinski definition) is 6. The molecule has 2 amide bonds. The number of nitrogens with zero attached hydrogens (tertiary/aromatic N) is 2. The number of imide groups is 1. The molecule has 1 aliphatic heterocycles. The van der Waals surface area contributed by atoms with E-state index in [-0.39, 0.29) is 34.3 Å². The fourth-order valence-electron chi connectivity index (χ4n) is 3.97. The standard InChI is InChI=1S/C26H22ClFN2O6S/c1-2-36-26(33)17-7-11-20(12-8-17)30-24(31)15-23(25(30)32)29(16-18-5-3-4-6-22(18)27)37(34,35)21-13-9-19(28)10-14-21/h3-14,23H,2,15-16H2,1H3. The molecule has 0 saturated carbocycles. The fraction of sp³-hybridized carbons (Fsp3) is 0.192. The van der Waals surface area contributed by atoms with Crippen molar-refractivity contribution in [2.75, 3.05) is 11.5 Å². The zero-order valence-corrected chi connectivity index (χ0v) is 21.2. The molecule has 0 aliphatic carbocycles. The number of amides is 2. The highest BCUT2D eigenvalue weighted by atomic mass is 35.5. The molecule has 3 aromatic rings. The maximum Gasteiger partial charge on any atom is 0.338 e. The first-order chi connectivity index (χ1) is 17.6. The van der Waals surface area contributed by atoms with Crippen LogP contribution in [0.5, 0.6) is 0 Å². The number of carbonyl (C=O) groups is 3. The maximum absolute atomic E-state index is 13.6. The molecule has 0 spiro atoms. The van der Waals surface area contributed by atoms with Crippen molar-refractivity contribution >= 4 is 45.1 Å². The Labute approximate surface area is 218 Å². The molecule has 3 aromatic carbocycles. The Morgan fingerprint density at radius 2 is 1.70 bits per heavy atom. The van der Waals surface area contributed by atoms with Gasteiger partial charge in [-0.05, 0) is 67.1 Å². The fourth-order valence-corrected chi connectivity index (χ4v) is 5.73. The van der Waals surface area contributed by atoms with Crippen LogP contribution in [-0.4, -0.2) is 43.2 Å². The van der Waals surface area contributed by atoms with Gasteiger partial charge >= 0.3 is 5.97 Å². The highest BCUT2D eigenvalue weighted by molar-refractivity contribution is 7.89. The average Bonchev–Trinajstić information content (AvgIpc) is 3.17. The molecule has 1 unspecified atom stereocenters. The summed E-state index contributed by atoms with van der Waals surface area (Å²) in [6.45, 7) is 1.57. The molecule has 1 saturated heterocycles. The van der Waals surface area contributed by atoms with Gasteiger partial charge in [0.25, 0.3) is 5.91 Å². The highest BCUT2D eigenvalue weighted by Crippen LogP contribution is 2.32. The van der Waals surface area contributed by atoms with Crippen LogP contribution in [0.4, 0.5) is 10.1 Å². The molecule has 37 heavy (non-hydrogen) atoms. The molecule has 1 aliphatic rings. The number of halogens is 2. The van der Waals surface area contributed by atoms with Crippen LogP contribution in [0.2, 0.25) is 5.02 Å². The van der Waals surface area contributed by atoms with Gasteiger partial charge in [-0.3, -0.25) is 9.59 Å². The first kappa shape index (κ1) is 26.5. The van der Waals surface area contributed by atoms with Crippen LogP contribution in [0.3, 0.4) is 0 Å². The zero-order valence-electron chi connectivity index (χ0n) is 19.6. The lowest BCUT2D eigenvalue weighted by atomic mass is 10.2. The molecule has 11 heteroatoms. The molecule has 8 nitrogen and oxygen atoms in total. The number of ether oxygens (including phenoxy) is 1. The summed E-state index contributed by atoms with van der Waals surface area (Å²) in [4.78, 5) is 39.1. The van der Waals surface area contributed by atoms with Crippen molar-refractivity contribution in [2.24, 2.45) is 0 Å². The summed E-state index contributed by atoms with van der Waals surface area (Å²) in [6.07, 6.45) is -0.413. The third kappa shape index (κ3) is 5.41. The van der Waals surface area contributed by atoms with E-state index in [0.29, 0.717) is 5.56 Å². The number of sulfonamides is 1. The van der Waals surface area contributed by atoms with Gasteiger partial charge in [-0.25, -0.2) is 22.5 Å². The van der Waals surface area contributed by atoms with Crippen molar-refractivity contribution in [3.63, 3.8) is 0 Å². The van der Waals surface area contributed by atoms with E-state index in [4.69, 9.17) is 16.3 Å². The zero-order chi connectivity index (χ0) is 26.7. The van der Waals surface area contributed by atoms with Gasteiger partial charge < -0.3 is 4.74 Å². The van der Waals surface area contributed by atoms with Gasteiger partial charge in [0.2, 0.25) is 15.9 Å². The lowest BCUT2D eigenvalue weighted by Crippen LogP contribution is -2.45. The molecular weight excluding hydrogens is 523 g/mol. The third-order valence-corrected chi connectivity index (χ3v) is 8.05. The smallest absolute Gasteiger partial charge is 0.338 e. The molecule has 4 rings (SSSR count). The lowest BCUT2D eigenvalue weighted by Gasteiger charge is -2.27. The van der Waals surface area contributed by atoms with Gasteiger partial charge in [0.05, 0.1) is 29.2 Å². The quantitative estimate of drug-likeness (QED) is 0.311. The summed E-state index contributed by atoms with van der Waals surface area (Å²) in [6, 6.07) is 15.0. The molecular formula is C26H22ClFN2O6S. The topological polar surface area (TPSA) is 101 Å². The van der Waals surface area contributed by atoms with Gasteiger partial charge in [0, 0.05) is 11.6 Å². The second kappa shape index (κ2) is 10.8. The van der Waals surface area contributed by atoms with E-state index in [0.717, 1.165) is 33.5 Å². The summed E-state index contributed by atoms with van der Waals surface area (Å²) in [7, 11) is -4.36. The van der Waals surface area contributed by atoms with Crippen LogP contribution in [-0.2, 0) is 30.9 Å². The predicted octanol–water partition coefficient (Wildman–Crippen LogP) is 4.18. The van der Waals surface area contributed by atoms with E-state index < -0.39 is 46.1 Å². The molecule has 0 radical (unpaired) electrons. The first-order valence-corrected chi connectivity index (χ1v) is 13.1. The first-order valence-electron chi connectivity index (χ1n) is 11.3. The lowest BCUT2D eigenvalue weighted by molar-refractivity contribution is -0.122. The van der Waals surface area contributed by atoms with E-state index in [9.17, 15) is 27.2 Å². The summed E-state index contributed by atoms with van der Waals surface area (Å²) in [5.74, 6) is -2.55. The van der Waals surface area contributed by atoms with Crippen LogP contribution in [0.25, 0.3) is 0 Å². The summed E-state index contributed by atoms with van der Waals surface area (Å²) >= 11 is 6.27. The number of hydrogen-bond donors (Lipinski definition) is 0. The normalized spacial score (nSPS) is 15.9. The maximum atomic E-state index is 13.6. The number of anilines is 1. The van der Waals surface area contributed by atoms with Crippen molar-refractivity contribution in [3.8, 4) is 0 Å². The van der Waals surface area contributed by atoms with E-state index in [1.807, 2.05) is 0 Å². The van der Waals surface area contributed by atoms with Crippen LogP contribution in [0, 0.1) is 5.82 Å². The Kier molecular flexibility index (Phi) is 7.72. The summed E-state index contributed by atoms with van der Waals surface area (Å²) in [5.41, 5.74) is 0.843. The summed E-state index contributed by atoms with van der Waals surface area (Å²) < 4.78 is 46.6. The molecule has 1 heterocycles. The van der Waals surface area contributed by atoms with E-state index in [1.54, 1.807) is 31.2 Å². The SMILES string of the molecule is CCOC(=O)c1ccc(N2C(=O)CC(N(Cc3ccccc3Cl)S(=O)(=O)c3ccc(F)cc3)C2=O)cc1.